The molecule has 0 saturated carbocycles. The molecule has 0 saturated heterocycles. The zero-order chi connectivity index (χ0) is 11.4. The van der Waals surface area contributed by atoms with Gasteiger partial charge in [0.05, 0.1) is 0 Å². The standard InChI is InChI=1S/C14H13O2.Cr/c15-9-12(10-16)14-8-4-3-7-13(14)11-5-1-2-6-11;/h1-5,7-8,12,15H,6,9H2;/q-1;. The van der Waals surface area contributed by atoms with Crippen molar-refractivity contribution in [3.8, 4) is 0 Å². The smallest absolute Gasteiger partial charge is 0.0258 e. The van der Waals surface area contributed by atoms with E-state index in [1.165, 1.54) is 5.57 Å². The van der Waals surface area contributed by atoms with E-state index in [4.69, 9.17) is 5.11 Å². The summed E-state index contributed by atoms with van der Waals surface area (Å²) in [4.78, 5) is 10.8. The third-order valence-corrected chi connectivity index (χ3v) is 2.78. The quantitative estimate of drug-likeness (QED) is 0.847. The molecule has 3 heteroatoms. The maximum absolute atomic E-state index is 10.8. The van der Waals surface area contributed by atoms with Crippen molar-refractivity contribution in [3.63, 3.8) is 0 Å². The van der Waals surface area contributed by atoms with Gasteiger partial charge in [-0.25, -0.2) is 0 Å². The van der Waals surface area contributed by atoms with Crippen molar-refractivity contribution in [1.82, 2.24) is 0 Å². The number of carbonyl (C=O) groups excluding carboxylic acids is 1. The number of rotatable bonds is 4. The predicted molar refractivity (Wildman–Crippen MR) is 63.7 cm³/mol. The van der Waals surface area contributed by atoms with Crippen molar-refractivity contribution >= 4 is 11.9 Å². The van der Waals surface area contributed by atoms with Gasteiger partial charge >= 0.3 is 0 Å². The molecule has 0 spiro atoms. The molecule has 2 rings (SSSR count). The topological polar surface area (TPSA) is 37.3 Å². The molecule has 2 nitrogen and oxygen atoms in total. The summed E-state index contributed by atoms with van der Waals surface area (Å²) in [5.74, 6) is -0.544. The number of benzene rings is 1. The molecule has 1 aromatic carbocycles. The Morgan fingerprint density at radius 1 is 1.35 bits per heavy atom. The Labute approximate surface area is 112 Å². The van der Waals surface area contributed by atoms with Crippen LogP contribution in [-0.4, -0.2) is 18.0 Å². The molecule has 1 N–H and O–H groups in total. The zero-order valence-electron chi connectivity index (χ0n) is 9.30. The minimum atomic E-state index is -0.544. The summed E-state index contributed by atoms with van der Waals surface area (Å²) in [5.41, 5.74) is 3.08. The molecule has 1 unspecified atom stereocenters. The molecule has 0 amide bonds. The Morgan fingerprint density at radius 3 is 2.71 bits per heavy atom. The molecule has 0 heterocycles. The molecule has 0 bridgehead atoms. The third-order valence-electron chi connectivity index (χ3n) is 2.78. The Morgan fingerprint density at radius 2 is 2.12 bits per heavy atom. The Bertz CT molecular complexity index is 449. The van der Waals surface area contributed by atoms with E-state index in [0.717, 1.165) is 17.5 Å². The number of aliphatic hydroxyl groups excluding tert-OH is 1. The minimum Gasteiger partial charge on any atom is -0.541 e. The van der Waals surface area contributed by atoms with E-state index in [-0.39, 0.29) is 24.0 Å². The van der Waals surface area contributed by atoms with Crippen LogP contribution in [0, 0.1) is 0 Å². The maximum atomic E-state index is 10.8. The van der Waals surface area contributed by atoms with Gasteiger partial charge in [0.2, 0.25) is 0 Å². The first-order valence-electron chi connectivity index (χ1n) is 5.30. The molecule has 0 aliphatic heterocycles. The van der Waals surface area contributed by atoms with Crippen LogP contribution >= 0.6 is 0 Å². The average molecular weight is 265 g/mol. The maximum Gasteiger partial charge on any atom is 0.0258 e. The van der Waals surface area contributed by atoms with Gasteiger partial charge < -0.3 is 9.90 Å². The van der Waals surface area contributed by atoms with E-state index in [2.05, 4.69) is 6.08 Å². The first-order valence-corrected chi connectivity index (χ1v) is 5.30. The normalized spacial score (nSPS) is 15.0. The van der Waals surface area contributed by atoms with Gasteiger partial charge in [0.15, 0.2) is 0 Å². The SMILES string of the molecule is O=[C-]C(CO)c1ccccc1C1=CC=CC1.[Cr]. The van der Waals surface area contributed by atoms with Gasteiger partial charge in [-0.2, -0.15) is 0 Å². The summed E-state index contributed by atoms with van der Waals surface area (Å²) in [6.07, 6.45) is 8.89. The molecule has 17 heavy (non-hydrogen) atoms. The summed E-state index contributed by atoms with van der Waals surface area (Å²) >= 11 is 0. The van der Waals surface area contributed by atoms with Crippen LogP contribution in [0.1, 0.15) is 23.5 Å². The monoisotopic (exact) mass is 265 g/mol. The molecule has 0 fully saturated rings. The summed E-state index contributed by atoms with van der Waals surface area (Å²) in [6, 6.07) is 7.67. The zero-order valence-corrected chi connectivity index (χ0v) is 10.6. The fourth-order valence-electron chi connectivity index (χ4n) is 1.94. The van der Waals surface area contributed by atoms with Crippen LogP contribution in [-0.2, 0) is 22.2 Å². The van der Waals surface area contributed by atoms with Crippen LogP contribution < -0.4 is 0 Å². The van der Waals surface area contributed by atoms with Gasteiger partial charge in [0, 0.05) is 24.0 Å². The van der Waals surface area contributed by atoms with Crippen LogP contribution in [0.4, 0.5) is 0 Å². The molecule has 88 valence electrons. The Kier molecular flexibility index (Phi) is 5.38. The summed E-state index contributed by atoms with van der Waals surface area (Å²) in [6.45, 7) is -0.193. The summed E-state index contributed by atoms with van der Waals surface area (Å²) in [5, 5.41) is 9.15. The van der Waals surface area contributed by atoms with Gasteiger partial charge in [-0.3, -0.25) is 6.29 Å². The third kappa shape index (κ3) is 2.95. The van der Waals surface area contributed by atoms with Crippen LogP contribution in [0.25, 0.3) is 5.57 Å². The second kappa shape index (κ2) is 6.56. The molecule has 1 aliphatic rings. The molecular weight excluding hydrogens is 252 g/mol. The number of aliphatic hydroxyl groups is 1. The van der Waals surface area contributed by atoms with Crippen molar-refractivity contribution in [2.45, 2.75) is 12.3 Å². The fraction of sp³-hybridized carbons (Fsp3) is 0.214. The van der Waals surface area contributed by atoms with Crippen molar-refractivity contribution < 1.29 is 27.3 Å². The van der Waals surface area contributed by atoms with Crippen molar-refractivity contribution in [1.29, 1.82) is 0 Å². The van der Waals surface area contributed by atoms with Crippen LogP contribution in [0.5, 0.6) is 0 Å². The van der Waals surface area contributed by atoms with Crippen molar-refractivity contribution in [2.24, 2.45) is 0 Å². The van der Waals surface area contributed by atoms with E-state index in [0.29, 0.717) is 0 Å². The number of hydrogen-bond donors (Lipinski definition) is 1. The van der Waals surface area contributed by atoms with E-state index in [1.54, 1.807) is 0 Å². The van der Waals surface area contributed by atoms with E-state index in [1.807, 2.05) is 42.7 Å². The molecule has 0 aromatic heterocycles. The van der Waals surface area contributed by atoms with Gasteiger partial charge in [-0.05, 0) is 17.6 Å². The second-order valence-electron chi connectivity index (χ2n) is 3.76. The van der Waals surface area contributed by atoms with Crippen LogP contribution in [0.3, 0.4) is 0 Å². The Balaban J connectivity index is 0.00000144. The van der Waals surface area contributed by atoms with Gasteiger partial charge in [-0.15, -0.1) is 0 Å². The van der Waals surface area contributed by atoms with Crippen LogP contribution in [0.2, 0.25) is 0 Å². The average Bonchev–Trinajstić information content (AvgIpc) is 2.85. The van der Waals surface area contributed by atoms with Gasteiger partial charge in [-0.1, -0.05) is 54.0 Å². The largest absolute Gasteiger partial charge is 0.541 e. The fourth-order valence-corrected chi connectivity index (χ4v) is 1.94. The van der Waals surface area contributed by atoms with Gasteiger partial charge in [0.1, 0.15) is 0 Å². The minimum absolute atomic E-state index is 0. The second-order valence-corrected chi connectivity index (χ2v) is 3.76. The van der Waals surface area contributed by atoms with Crippen molar-refractivity contribution in [2.75, 3.05) is 6.61 Å². The van der Waals surface area contributed by atoms with Gasteiger partial charge in [0.25, 0.3) is 0 Å². The van der Waals surface area contributed by atoms with Crippen LogP contribution in [0.15, 0.2) is 42.5 Å². The summed E-state index contributed by atoms with van der Waals surface area (Å²) in [7, 11) is 0. The predicted octanol–water partition coefficient (Wildman–Crippen LogP) is 2.21. The molecule has 1 aromatic rings. The van der Waals surface area contributed by atoms with E-state index >= 15 is 0 Å². The van der Waals surface area contributed by atoms with Crippen molar-refractivity contribution in [3.05, 3.63) is 53.6 Å². The first kappa shape index (κ1) is 13.9. The molecule has 0 radical (unpaired) electrons. The Hall–Kier alpha value is -1.14. The number of allylic oxidation sites excluding steroid dienone is 4. The first-order chi connectivity index (χ1) is 7.86. The number of hydrogen-bond acceptors (Lipinski definition) is 2. The molecular formula is C14H13CrO2-. The molecule has 1 atom stereocenters. The summed E-state index contributed by atoms with van der Waals surface area (Å²) < 4.78 is 0. The molecule has 1 aliphatic carbocycles. The van der Waals surface area contributed by atoms with E-state index < -0.39 is 5.92 Å². The van der Waals surface area contributed by atoms with E-state index in [9.17, 15) is 4.79 Å².